The standard InChI is InChI=1S/C20H15Cl2N3O/c1-2-26-14-6-3-12(4-7-14)19-10-16(17(11-23)20(24)25-19)15-8-5-13(21)9-18(15)22/h3-10H,2H2,1H3,(H2,24,25). The molecule has 0 saturated heterocycles. The Morgan fingerprint density at radius 2 is 1.81 bits per heavy atom. The Morgan fingerprint density at radius 3 is 2.42 bits per heavy atom. The lowest BCUT2D eigenvalue weighted by Crippen LogP contribution is -2.00. The summed E-state index contributed by atoms with van der Waals surface area (Å²) in [5.41, 5.74) is 9.11. The van der Waals surface area contributed by atoms with E-state index >= 15 is 0 Å². The molecule has 2 aromatic carbocycles. The van der Waals surface area contributed by atoms with Crippen molar-refractivity contribution in [3.05, 3.63) is 64.1 Å². The van der Waals surface area contributed by atoms with Crippen LogP contribution in [0.5, 0.6) is 5.75 Å². The maximum absolute atomic E-state index is 9.51. The van der Waals surface area contributed by atoms with Gasteiger partial charge in [0.2, 0.25) is 0 Å². The highest BCUT2D eigenvalue weighted by molar-refractivity contribution is 6.36. The van der Waals surface area contributed by atoms with E-state index in [4.69, 9.17) is 33.7 Å². The second-order valence-electron chi connectivity index (χ2n) is 5.51. The number of anilines is 1. The van der Waals surface area contributed by atoms with Crippen molar-refractivity contribution in [3.8, 4) is 34.2 Å². The molecule has 0 saturated carbocycles. The van der Waals surface area contributed by atoms with Crippen molar-refractivity contribution >= 4 is 29.0 Å². The van der Waals surface area contributed by atoms with Gasteiger partial charge >= 0.3 is 0 Å². The molecule has 0 aliphatic carbocycles. The van der Waals surface area contributed by atoms with Crippen LogP contribution >= 0.6 is 23.2 Å². The number of nitriles is 1. The minimum atomic E-state index is 0.153. The van der Waals surface area contributed by atoms with Gasteiger partial charge in [-0.05, 0) is 49.4 Å². The lowest BCUT2D eigenvalue weighted by Gasteiger charge is -2.12. The smallest absolute Gasteiger partial charge is 0.142 e. The van der Waals surface area contributed by atoms with Crippen molar-refractivity contribution in [1.29, 1.82) is 5.26 Å². The molecule has 6 heteroatoms. The normalized spacial score (nSPS) is 10.4. The summed E-state index contributed by atoms with van der Waals surface area (Å²) < 4.78 is 5.46. The monoisotopic (exact) mass is 383 g/mol. The number of nitrogen functional groups attached to an aromatic ring is 1. The summed E-state index contributed by atoms with van der Waals surface area (Å²) >= 11 is 12.3. The predicted octanol–water partition coefficient (Wildman–Crippen LogP) is 5.57. The Balaban J connectivity index is 2.14. The van der Waals surface area contributed by atoms with Crippen LogP contribution < -0.4 is 10.5 Å². The molecule has 1 heterocycles. The SMILES string of the molecule is CCOc1ccc(-c2cc(-c3ccc(Cl)cc3Cl)c(C#N)c(N)n2)cc1. The molecule has 3 aromatic rings. The van der Waals surface area contributed by atoms with Crippen molar-refractivity contribution in [2.75, 3.05) is 12.3 Å². The molecule has 0 radical (unpaired) electrons. The number of hydrogen-bond donors (Lipinski definition) is 1. The maximum atomic E-state index is 9.51. The number of ether oxygens (including phenoxy) is 1. The molecule has 0 bridgehead atoms. The summed E-state index contributed by atoms with van der Waals surface area (Å²) in [6.45, 7) is 2.53. The van der Waals surface area contributed by atoms with Crippen LogP contribution in [-0.2, 0) is 0 Å². The Labute approximate surface area is 161 Å². The Kier molecular flexibility index (Phi) is 5.32. The number of rotatable bonds is 4. The summed E-state index contributed by atoms with van der Waals surface area (Å²) in [5.74, 6) is 0.929. The first-order chi connectivity index (χ1) is 12.5. The number of halogens is 2. The number of nitrogens with zero attached hydrogens (tertiary/aromatic N) is 2. The van der Waals surface area contributed by atoms with Gasteiger partial charge in [0.25, 0.3) is 0 Å². The van der Waals surface area contributed by atoms with Crippen LogP contribution in [0.4, 0.5) is 5.82 Å². The van der Waals surface area contributed by atoms with Gasteiger partial charge in [-0.15, -0.1) is 0 Å². The first-order valence-corrected chi connectivity index (χ1v) is 8.68. The van der Waals surface area contributed by atoms with E-state index in [1.54, 1.807) is 24.3 Å². The fraction of sp³-hybridized carbons (Fsp3) is 0.100. The third-order valence-electron chi connectivity index (χ3n) is 3.84. The fourth-order valence-electron chi connectivity index (χ4n) is 2.64. The fourth-order valence-corrected chi connectivity index (χ4v) is 3.15. The molecule has 2 N–H and O–H groups in total. The van der Waals surface area contributed by atoms with Crippen molar-refractivity contribution in [2.45, 2.75) is 6.92 Å². The lowest BCUT2D eigenvalue weighted by molar-refractivity contribution is 0.340. The molecule has 0 aliphatic rings. The van der Waals surface area contributed by atoms with E-state index in [2.05, 4.69) is 11.1 Å². The first kappa shape index (κ1) is 18.1. The van der Waals surface area contributed by atoms with Crippen molar-refractivity contribution in [3.63, 3.8) is 0 Å². The van der Waals surface area contributed by atoms with E-state index in [-0.39, 0.29) is 11.4 Å². The number of aromatic nitrogens is 1. The maximum Gasteiger partial charge on any atom is 0.142 e. The van der Waals surface area contributed by atoms with Gasteiger partial charge in [0.1, 0.15) is 23.2 Å². The van der Waals surface area contributed by atoms with Gasteiger partial charge in [-0.1, -0.05) is 29.3 Å². The Hall–Kier alpha value is -2.74. The predicted molar refractivity (Wildman–Crippen MR) is 105 cm³/mol. The third-order valence-corrected chi connectivity index (χ3v) is 4.39. The van der Waals surface area contributed by atoms with E-state index in [0.717, 1.165) is 11.3 Å². The third kappa shape index (κ3) is 3.60. The molecular weight excluding hydrogens is 369 g/mol. The largest absolute Gasteiger partial charge is 0.494 e. The highest BCUT2D eigenvalue weighted by atomic mass is 35.5. The van der Waals surface area contributed by atoms with Gasteiger partial charge in [-0.25, -0.2) is 4.98 Å². The molecule has 0 amide bonds. The Morgan fingerprint density at radius 1 is 1.08 bits per heavy atom. The van der Waals surface area contributed by atoms with Gasteiger partial charge in [0, 0.05) is 26.7 Å². The molecular formula is C20H15Cl2N3O. The zero-order valence-corrected chi connectivity index (χ0v) is 15.5. The van der Waals surface area contributed by atoms with Crippen LogP contribution in [0.25, 0.3) is 22.4 Å². The lowest BCUT2D eigenvalue weighted by atomic mass is 9.98. The molecule has 0 aliphatic heterocycles. The van der Waals surface area contributed by atoms with Crippen LogP contribution in [-0.4, -0.2) is 11.6 Å². The molecule has 0 fully saturated rings. The van der Waals surface area contributed by atoms with Crippen LogP contribution in [0, 0.1) is 11.3 Å². The minimum Gasteiger partial charge on any atom is -0.494 e. The van der Waals surface area contributed by atoms with Crippen LogP contribution in [0.15, 0.2) is 48.5 Å². The molecule has 4 nitrogen and oxygen atoms in total. The van der Waals surface area contributed by atoms with E-state index < -0.39 is 0 Å². The molecule has 3 rings (SSSR count). The average molecular weight is 384 g/mol. The molecule has 0 spiro atoms. The van der Waals surface area contributed by atoms with E-state index in [1.165, 1.54) is 0 Å². The molecule has 130 valence electrons. The summed E-state index contributed by atoms with van der Waals surface area (Å²) in [6.07, 6.45) is 0. The molecule has 26 heavy (non-hydrogen) atoms. The summed E-state index contributed by atoms with van der Waals surface area (Å²) in [6, 6.07) is 16.6. The van der Waals surface area contributed by atoms with E-state index in [0.29, 0.717) is 33.5 Å². The average Bonchev–Trinajstić information content (AvgIpc) is 2.62. The Bertz CT molecular complexity index is 995. The molecule has 0 unspecified atom stereocenters. The van der Waals surface area contributed by atoms with Crippen molar-refractivity contribution in [1.82, 2.24) is 4.98 Å². The van der Waals surface area contributed by atoms with Gasteiger partial charge in [-0.3, -0.25) is 0 Å². The van der Waals surface area contributed by atoms with Crippen LogP contribution in [0.2, 0.25) is 10.0 Å². The second-order valence-corrected chi connectivity index (χ2v) is 6.35. The second kappa shape index (κ2) is 7.65. The first-order valence-electron chi connectivity index (χ1n) is 7.92. The van der Waals surface area contributed by atoms with Crippen LogP contribution in [0.1, 0.15) is 12.5 Å². The van der Waals surface area contributed by atoms with Gasteiger partial charge in [0.05, 0.1) is 12.3 Å². The summed E-state index contributed by atoms with van der Waals surface area (Å²) in [5, 5.41) is 10.5. The van der Waals surface area contributed by atoms with E-state index in [9.17, 15) is 5.26 Å². The van der Waals surface area contributed by atoms with Crippen molar-refractivity contribution < 1.29 is 4.74 Å². The summed E-state index contributed by atoms with van der Waals surface area (Å²) in [4.78, 5) is 4.37. The number of nitrogens with two attached hydrogens (primary N) is 1. The number of hydrogen-bond acceptors (Lipinski definition) is 4. The quantitative estimate of drug-likeness (QED) is 0.638. The van der Waals surface area contributed by atoms with Gasteiger partial charge in [-0.2, -0.15) is 5.26 Å². The zero-order chi connectivity index (χ0) is 18.7. The number of benzene rings is 2. The highest BCUT2D eigenvalue weighted by Gasteiger charge is 2.16. The van der Waals surface area contributed by atoms with Gasteiger partial charge < -0.3 is 10.5 Å². The van der Waals surface area contributed by atoms with E-state index in [1.807, 2.05) is 31.2 Å². The van der Waals surface area contributed by atoms with Crippen molar-refractivity contribution in [2.24, 2.45) is 0 Å². The minimum absolute atomic E-state index is 0.153. The number of pyridine rings is 1. The highest BCUT2D eigenvalue weighted by Crippen LogP contribution is 2.36. The molecule has 1 aromatic heterocycles. The topological polar surface area (TPSA) is 71.9 Å². The van der Waals surface area contributed by atoms with Gasteiger partial charge in [0.15, 0.2) is 0 Å². The zero-order valence-electron chi connectivity index (χ0n) is 14.0. The molecule has 0 atom stereocenters. The summed E-state index contributed by atoms with van der Waals surface area (Å²) in [7, 11) is 0. The van der Waals surface area contributed by atoms with Crippen LogP contribution in [0.3, 0.4) is 0 Å².